The summed E-state index contributed by atoms with van der Waals surface area (Å²) in [6, 6.07) is 1.21. The molecule has 0 bridgehead atoms. The summed E-state index contributed by atoms with van der Waals surface area (Å²) in [6.45, 7) is 6.44. The number of carbonyl (C=O) groups is 1. The van der Waals surface area contributed by atoms with Crippen LogP contribution in [-0.4, -0.2) is 41.8 Å². The lowest BCUT2D eigenvalue weighted by Crippen LogP contribution is -2.48. The van der Waals surface area contributed by atoms with E-state index in [1.54, 1.807) is 0 Å². The predicted octanol–water partition coefficient (Wildman–Crippen LogP) is 3.94. The van der Waals surface area contributed by atoms with Crippen molar-refractivity contribution < 1.29 is 9.53 Å². The van der Waals surface area contributed by atoms with Crippen LogP contribution in [0, 0.1) is 5.92 Å². The summed E-state index contributed by atoms with van der Waals surface area (Å²) in [5.41, 5.74) is -0.426. The number of amides is 1. The molecule has 0 aromatic rings. The Morgan fingerprint density at radius 3 is 2.57 bits per heavy atom. The summed E-state index contributed by atoms with van der Waals surface area (Å²) in [5.74, 6) is 0.532. The molecule has 0 aromatic carbocycles. The van der Waals surface area contributed by atoms with Gasteiger partial charge in [0.1, 0.15) is 5.60 Å². The van der Waals surface area contributed by atoms with Crippen molar-refractivity contribution in [1.29, 1.82) is 0 Å². The monoisotopic (exact) mass is 342 g/mol. The maximum absolute atomic E-state index is 11.9. The van der Waals surface area contributed by atoms with Gasteiger partial charge in [-0.1, -0.05) is 12.8 Å². The van der Waals surface area contributed by atoms with Crippen molar-refractivity contribution in [3.63, 3.8) is 0 Å². The van der Waals surface area contributed by atoms with E-state index in [9.17, 15) is 4.79 Å². The summed E-state index contributed by atoms with van der Waals surface area (Å²) in [6.07, 6.45) is 10.9. The molecule has 5 heteroatoms. The number of hydrogen-bond donors (Lipinski definition) is 2. The minimum absolute atomic E-state index is 0.287. The van der Waals surface area contributed by atoms with E-state index in [1.807, 2.05) is 32.5 Å². The highest BCUT2D eigenvalue weighted by Crippen LogP contribution is 2.31. The molecule has 0 radical (unpaired) electrons. The van der Waals surface area contributed by atoms with Crippen LogP contribution in [0.25, 0.3) is 0 Å². The smallest absolute Gasteiger partial charge is 0.407 e. The van der Waals surface area contributed by atoms with Crippen LogP contribution in [0.5, 0.6) is 0 Å². The molecular weight excluding hydrogens is 308 g/mol. The van der Waals surface area contributed by atoms with Crippen LogP contribution in [0.1, 0.15) is 65.7 Å². The molecule has 4 atom stereocenters. The van der Waals surface area contributed by atoms with Crippen molar-refractivity contribution >= 4 is 17.9 Å². The number of nitrogens with one attached hydrogen (secondary N) is 2. The van der Waals surface area contributed by atoms with E-state index in [4.69, 9.17) is 4.74 Å². The fraction of sp³-hybridized carbons (Fsp3) is 0.944. The highest BCUT2D eigenvalue weighted by Gasteiger charge is 2.31. The second-order valence-electron chi connectivity index (χ2n) is 8.07. The lowest BCUT2D eigenvalue weighted by molar-refractivity contribution is 0.0510. The molecule has 0 heterocycles. The SMILES string of the molecule is CSC1CCC(NC2CCCCC2CNC(=O)OC(C)(C)C)C1. The molecule has 2 aliphatic rings. The van der Waals surface area contributed by atoms with Gasteiger partial charge in [-0.3, -0.25) is 0 Å². The number of thioether (sulfide) groups is 1. The first kappa shape index (κ1) is 18.9. The zero-order valence-electron chi connectivity index (χ0n) is 15.2. The minimum atomic E-state index is -0.426. The Balaban J connectivity index is 1.78. The zero-order valence-corrected chi connectivity index (χ0v) is 16.0. The maximum Gasteiger partial charge on any atom is 0.407 e. The van der Waals surface area contributed by atoms with Crippen LogP contribution in [0.4, 0.5) is 4.79 Å². The largest absolute Gasteiger partial charge is 0.444 e. The molecule has 0 aromatic heterocycles. The van der Waals surface area contributed by atoms with Gasteiger partial charge in [0.2, 0.25) is 0 Å². The van der Waals surface area contributed by atoms with Gasteiger partial charge in [-0.15, -0.1) is 0 Å². The summed E-state index contributed by atoms with van der Waals surface area (Å²) < 4.78 is 5.35. The standard InChI is InChI=1S/C18H34N2O2S/c1-18(2,3)22-17(21)19-12-13-7-5-6-8-16(13)20-14-9-10-15(11-14)23-4/h13-16,20H,5-12H2,1-4H3,(H,19,21). The third-order valence-electron chi connectivity index (χ3n) is 4.98. The van der Waals surface area contributed by atoms with Crippen LogP contribution in [0.3, 0.4) is 0 Å². The highest BCUT2D eigenvalue weighted by molar-refractivity contribution is 7.99. The Kier molecular flexibility index (Phi) is 7.08. The Hall–Kier alpha value is -0.420. The van der Waals surface area contributed by atoms with Crippen LogP contribution in [0.2, 0.25) is 0 Å². The molecule has 2 aliphatic carbocycles. The Morgan fingerprint density at radius 2 is 1.91 bits per heavy atom. The molecule has 2 fully saturated rings. The first-order chi connectivity index (χ1) is 10.9. The van der Waals surface area contributed by atoms with Crippen molar-refractivity contribution in [2.45, 2.75) is 88.7 Å². The zero-order chi connectivity index (χ0) is 16.9. The first-order valence-electron chi connectivity index (χ1n) is 9.13. The second-order valence-corrected chi connectivity index (χ2v) is 9.21. The summed E-state index contributed by atoms with van der Waals surface area (Å²) in [4.78, 5) is 11.9. The molecule has 134 valence electrons. The molecule has 0 spiro atoms. The van der Waals surface area contributed by atoms with Gasteiger partial charge in [-0.2, -0.15) is 11.8 Å². The Morgan fingerprint density at radius 1 is 1.17 bits per heavy atom. The molecule has 2 rings (SSSR count). The average molecular weight is 343 g/mol. The van der Waals surface area contributed by atoms with Gasteiger partial charge < -0.3 is 15.4 Å². The van der Waals surface area contributed by atoms with Gasteiger partial charge in [0.25, 0.3) is 0 Å². The quantitative estimate of drug-likeness (QED) is 0.794. The van der Waals surface area contributed by atoms with Crippen molar-refractivity contribution in [3.8, 4) is 0 Å². The number of hydrogen-bond acceptors (Lipinski definition) is 4. The van der Waals surface area contributed by atoms with Crippen LogP contribution < -0.4 is 10.6 Å². The minimum Gasteiger partial charge on any atom is -0.444 e. The van der Waals surface area contributed by atoms with Crippen LogP contribution >= 0.6 is 11.8 Å². The molecule has 2 saturated carbocycles. The predicted molar refractivity (Wildman–Crippen MR) is 98.1 cm³/mol. The van der Waals surface area contributed by atoms with Crippen LogP contribution in [0.15, 0.2) is 0 Å². The van der Waals surface area contributed by atoms with Crippen molar-refractivity contribution in [2.24, 2.45) is 5.92 Å². The first-order valence-corrected chi connectivity index (χ1v) is 10.4. The average Bonchev–Trinajstić information content (AvgIpc) is 2.92. The van der Waals surface area contributed by atoms with E-state index in [2.05, 4.69) is 16.9 Å². The molecular formula is C18H34N2O2S. The highest BCUT2D eigenvalue weighted by atomic mass is 32.2. The van der Waals surface area contributed by atoms with E-state index < -0.39 is 5.60 Å². The summed E-state index contributed by atoms with van der Waals surface area (Å²) >= 11 is 2.00. The molecule has 4 unspecified atom stereocenters. The third kappa shape index (κ3) is 6.54. The summed E-state index contributed by atoms with van der Waals surface area (Å²) in [7, 11) is 0. The molecule has 2 N–H and O–H groups in total. The lowest BCUT2D eigenvalue weighted by atomic mass is 9.84. The van der Waals surface area contributed by atoms with Crippen molar-refractivity contribution in [3.05, 3.63) is 0 Å². The number of carbonyl (C=O) groups excluding carboxylic acids is 1. The molecule has 0 saturated heterocycles. The Bertz CT molecular complexity index is 384. The van der Waals surface area contributed by atoms with Gasteiger partial charge in [0, 0.05) is 23.9 Å². The van der Waals surface area contributed by atoms with E-state index in [0.29, 0.717) is 18.0 Å². The summed E-state index contributed by atoms with van der Waals surface area (Å²) in [5, 5.41) is 7.71. The number of alkyl carbamates (subject to hydrolysis) is 1. The van der Waals surface area contributed by atoms with E-state index >= 15 is 0 Å². The number of ether oxygens (including phenoxy) is 1. The number of rotatable bonds is 5. The van der Waals surface area contributed by atoms with E-state index in [1.165, 1.54) is 44.9 Å². The van der Waals surface area contributed by atoms with Gasteiger partial charge in [0.05, 0.1) is 0 Å². The van der Waals surface area contributed by atoms with Crippen LogP contribution in [-0.2, 0) is 4.74 Å². The van der Waals surface area contributed by atoms with E-state index in [0.717, 1.165) is 11.8 Å². The van der Waals surface area contributed by atoms with Gasteiger partial charge >= 0.3 is 6.09 Å². The lowest BCUT2D eigenvalue weighted by Gasteiger charge is -2.34. The van der Waals surface area contributed by atoms with Gasteiger partial charge in [0.15, 0.2) is 0 Å². The fourth-order valence-electron chi connectivity index (χ4n) is 3.81. The molecule has 23 heavy (non-hydrogen) atoms. The Labute approximate surface area is 145 Å². The topological polar surface area (TPSA) is 50.4 Å². The normalized spacial score (nSPS) is 31.8. The molecule has 4 nitrogen and oxygen atoms in total. The molecule has 1 amide bonds. The van der Waals surface area contributed by atoms with Gasteiger partial charge in [-0.05, 0) is 65.0 Å². The second kappa shape index (κ2) is 8.61. The van der Waals surface area contributed by atoms with E-state index in [-0.39, 0.29) is 6.09 Å². The van der Waals surface area contributed by atoms with Gasteiger partial charge in [-0.25, -0.2) is 4.79 Å². The molecule has 0 aliphatic heterocycles. The fourth-order valence-corrected chi connectivity index (χ4v) is 4.60. The van der Waals surface area contributed by atoms with Crippen molar-refractivity contribution in [1.82, 2.24) is 10.6 Å². The maximum atomic E-state index is 11.9. The third-order valence-corrected chi connectivity index (χ3v) is 6.08. The van der Waals surface area contributed by atoms with Crippen molar-refractivity contribution in [2.75, 3.05) is 12.8 Å².